The van der Waals surface area contributed by atoms with Gasteiger partial charge in [-0.1, -0.05) is 19.8 Å². The van der Waals surface area contributed by atoms with Crippen molar-refractivity contribution >= 4 is 5.91 Å². The van der Waals surface area contributed by atoms with Crippen LogP contribution in [0.4, 0.5) is 0 Å². The summed E-state index contributed by atoms with van der Waals surface area (Å²) in [7, 11) is 1.78. The molecule has 0 heterocycles. The average Bonchev–Trinajstić information content (AvgIpc) is 2.71. The minimum absolute atomic E-state index is 0.116. The monoisotopic (exact) mass is 242 g/mol. The number of hydrogen-bond donors (Lipinski definition) is 2. The lowest BCUT2D eigenvalue weighted by atomic mass is 10.0. The SMILES string of the molecule is CC(CN)CCC(=O)N(C)CC1(O)CCCC1. The van der Waals surface area contributed by atoms with Gasteiger partial charge in [0.15, 0.2) is 0 Å². The van der Waals surface area contributed by atoms with Crippen molar-refractivity contribution in [2.45, 2.75) is 51.0 Å². The van der Waals surface area contributed by atoms with Gasteiger partial charge in [0.05, 0.1) is 5.60 Å². The van der Waals surface area contributed by atoms with E-state index in [-0.39, 0.29) is 5.91 Å². The molecule has 0 aliphatic heterocycles. The number of carbonyl (C=O) groups excluding carboxylic acids is 1. The van der Waals surface area contributed by atoms with E-state index in [9.17, 15) is 9.90 Å². The number of carbonyl (C=O) groups is 1. The molecule has 0 spiro atoms. The Labute approximate surface area is 104 Å². The Bertz CT molecular complexity index is 250. The van der Waals surface area contributed by atoms with E-state index in [0.717, 1.165) is 32.1 Å². The van der Waals surface area contributed by atoms with Gasteiger partial charge in [-0.3, -0.25) is 4.79 Å². The standard InChI is InChI=1S/C13H26N2O2/c1-11(9-14)5-6-12(16)15(2)10-13(17)7-3-4-8-13/h11,17H,3-10,14H2,1-2H3. The highest BCUT2D eigenvalue weighted by atomic mass is 16.3. The summed E-state index contributed by atoms with van der Waals surface area (Å²) in [6.45, 7) is 3.15. The van der Waals surface area contributed by atoms with Crippen molar-refractivity contribution in [1.82, 2.24) is 4.90 Å². The van der Waals surface area contributed by atoms with Crippen LogP contribution in [0.15, 0.2) is 0 Å². The fraction of sp³-hybridized carbons (Fsp3) is 0.923. The van der Waals surface area contributed by atoms with Gasteiger partial charge in [0.25, 0.3) is 0 Å². The Morgan fingerprint density at radius 2 is 2.06 bits per heavy atom. The quantitative estimate of drug-likeness (QED) is 0.733. The molecule has 1 aliphatic carbocycles. The molecule has 100 valence electrons. The van der Waals surface area contributed by atoms with Crippen LogP contribution in [0.1, 0.15) is 45.4 Å². The molecule has 0 radical (unpaired) electrons. The second kappa shape index (κ2) is 6.36. The zero-order valence-corrected chi connectivity index (χ0v) is 11.1. The van der Waals surface area contributed by atoms with Crippen LogP contribution in [-0.4, -0.2) is 41.7 Å². The second-order valence-electron chi connectivity index (χ2n) is 5.56. The fourth-order valence-corrected chi connectivity index (χ4v) is 2.40. The molecule has 3 N–H and O–H groups in total. The van der Waals surface area contributed by atoms with Gasteiger partial charge in [0, 0.05) is 20.0 Å². The molecule has 1 amide bonds. The number of hydrogen-bond acceptors (Lipinski definition) is 3. The van der Waals surface area contributed by atoms with Crippen molar-refractivity contribution < 1.29 is 9.90 Å². The smallest absolute Gasteiger partial charge is 0.222 e. The number of rotatable bonds is 6. The zero-order chi connectivity index (χ0) is 12.9. The van der Waals surface area contributed by atoms with Crippen molar-refractivity contribution in [3.63, 3.8) is 0 Å². The van der Waals surface area contributed by atoms with E-state index in [0.29, 0.717) is 25.4 Å². The third-order valence-corrected chi connectivity index (χ3v) is 3.74. The summed E-state index contributed by atoms with van der Waals surface area (Å²) in [6.07, 6.45) is 5.15. The molecule has 1 saturated carbocycles. The maximum atomic E-state index is 11.9. The average molecular weight is 242 g/mol. The van der Waals surface area contributed by atoms with Gasteiger partial charge in [-0.2, -0.15) is 0 Å². The topological polar surface area (TPSA) is 66.6 Å². The Morgan fingerprint density at radius 1 is 1.47 bits per heavy atom. The van der Waals surface area contributed by atoms with Gasteiger partial charge < -0.3 is 15.7 Å². The number of amides is 1. The highest BCUT2D eigenvalue weighted by Crippen LogP contribution is 2.30. The van der Waals surface area contributed by atoms with Crippen LogP contribution < -0.4 is 5.73 Å². The summed E-state index contributed by atoms with van der Waals surface area (Å²) in [5.41, 5.74) is 4.89. The van der Waals surface area contributed by atoms with E-state index in [1.807, 2.05) is 0 Å². The minimum Gasteiger partial charge on any atom is -0.388 e. The van der Waals surface area contributed by atoms with E-state index in [4.69, 9.17) is 5.73 Å². The number of nitrogens with two attached hydrogens (primary N) is 1. The van der Waals surface area contributed by atoms with Crippen LogP contribution in [0.2, 0.25) is 0 Å². The summed E-state index contributed by atoms with van der Waals surface area (Å²) in [4.78, 5) is 13.5. The van der Waals surface area contributed by atoms with Crippen molar-refractivity contribution in [1.29, 1.82) is 0 Å². The van der Waals surface area contributed by atoms with E-state index in [1.54, 1.807) is 11.9 Å². The Balaban J connectivity index is 2.31. The van der Waals surface area contributed by atoms with Gasteiger partial charge in [-0.05, 0) is 31.7 Å². The lowest BCUT2D eigenvalue weighted by Crippen LogP contribution is -2.42. The molecule has 0 aromatic rings. The van der Waals surface area contributed by atoms with Crippen molar-refractivity contribution in [3.05, 3.63) is 0 Å². The highest BCUT2D eigenvalue weighted by Gasteiger charge is 2.33. The molecule has 1 fully saturated rings. The Hall–Kier alpha value is -0.610. The molecule has 0 aromatic carbocycles. The fourth-order valence-electron chi connectivity index (χ4n) is 2.40. The normalized spacial score (nSPS) is 20.2. The van der Waals surface area contributed by atoms with Crippen LogP contribution in [0.3, 0.4) is 0 Å². The molecule has 0 aromatic heterocycles. The molecule has 0 bridgehead atoms. The molecule has 4 nitrogen and oxygen atoms in total. The first-order valence-electron chi connectivity index (χ1n) is 6.63. The summed E-state index contributed by atoms with van der Waals surface area (Å²) < 4.78 is 0. The predicted octanol–water partition coefficient (Wildman–Crippen LogP) is 1.12. The van der Waals surface area contributed by atoms with Crippen molar-refractivity contribution in [2.75, 3.05) is 20.1 Å². The molecule has 4 heteroatoms. The van der Waals surface area contributed by atoms with Crippen LogP contribution in [0.25, 0.3) is 0 Å². The van der Waals surface area contributed by atoms with Crippen molar-refractivity contribution in [2.24, 2.45) is 11.7 Å². The highest BCUT2D eigenvalue weighted by molar-refractivity contribution is 5.75. The Morgan fingerprint density at radius 3 is 2.59 bits per heavy atom. The van der Waals surface area contributed by atoms with E-state index in [1.165, 1.54) is 0 Å². The van der Waals surface area contributed by atoms with E-state index in [2.05, 4.69) is 6.92 Å². The van der Waals surface area contributed by atoms with Crippen molar-refractivity contribution in [3.8, 4) is 0 Å². The second-order valence-corrected chi connectivity index (χ2v) is 5.56. The third kappa shape index (κ3) is 4.64. The summed E-state index contributed by atoms with van der Waals surface area (Å²) in [5.74, 6) is 0.507. The van der Waals surface area contributed by atoms with E-state index >= 15 is 0 Å². The van der Waals surface area contributed by atoms with E-state index < -0.39 is 5.60 Å². The predicted molar refractivity (Wildman–Crippen MR) is 68.5 cm³/mol. The number of aliphatic hydroxyl groups is 1. The van der Waals surface area contributed by atoms with Crippen LogP contribution in [0.5, 0.6) is 0 Å². The lowest BCUT2D eigenvalue weighted by molar-refractivity contribution is -0.133. The summed E-state index contributed by atoms with van der Waals surface area (Å²) in [6, 6.07) is 0. The van der Waals surface area contributed by atoms with Gasteiger partial charge in [-0.15, -0.1) is 0 Å². The van der Waals surface area contributed by atoms with Gasteiger partial charge >= 0.3 is 0 Å². The van der Waals surface area contributed by atoms with Gasteiger partial charge in [-0.25, -0.2) is 0 Å². The van der Waals surface area contributed by atoms with Gasteiger partial charge in [0.1, 0.15) is 0 Å². The Kier molecular flexibility index (Phi) is 5.40. The number of nitrogens with zero attached hydrogens (tertiary/aromatic N) is 1. The first-order chi connectivity index (χ1) is 7.97. The first kappa shape index (κ1) is 14.5. The van der Waals surface area contributed by atoms with Crippen LogP contribution >= 0.6 is 0 Å². The third-order valence-electron chi connectivity index (χ3n) is 3.74. The summed E-state index contributed by atoms with van der Waals surface area (Å²) >= 11 is 0. The largest absolute Gasteiger partial charge is 0.388 e. The van der Waals surface area contributed by atoms with Crippen LogP contribution in [0, 0.1) is 5.92 Å². The first-order valence-corrected chi connectivity index (χ1v) is 6.63. The minimum atomic E-state index is -0.635. The maximum Gasteiger partial charge on any atom is 0.222 e. The molecule has 1 unspecified atom stereocenters. The molecular formula is C13H26N2O2. The molecule has 1 rings (SSSR count). The summed E-state index contributed by atoms with van der Waals surface area (Å²) in [5, 5.41) is 10.2. The molecule has 0 saturated heterocycles. The van der Waals surface area contributed by atoms with Gasteiger partial charge in [0.2, 0.25) is 5.91 Å². The maximum absolute atomic E-state index is 11.9. The lowest BCUT2D eigenvalue weighted by Gasteiger charge is -2.28. The zero-order valence-electron chi connectivity index (χ0n) is 11.1. The molecule has 1 aliphatic rings. The number of likely N-dealkylation sites (N-methyl/N-ethyl adjacent to an activating group) is 1. The molecule has 17 heavy (non-hydrogen) atoms. The molecule has 1 atom stereocenters. The molecular weight excluding hydrogens is 216 g/mol. The van der Waals surface area contributed by atoms with Crippen LogP contribution in [-0.2, 0) is 4.79 Å².